The molecule has 2 N–H and O–H groups in total. The third-order valence-electron chi connectivity index (χ3n) is 4.20. The third kappa shape index (κ3) is 4.54. The van der Waals surface area contributed by atoms with E-state index >= 15 is 0 Å². The number of pyridine rings is 1. The Labute approximate surface area is 146 Å². The Morgan fingerprint density at radius 2 is 1.96 bits per heavy atom. The van der Waals surface area contributed by atoms with Crippen molar-refractivity contribution in [2.75, 3.05) is 18.5 Å². The highest BCUT2D eigenvalue weighted by Crippen LogP contribution is 2.30. The number of aromatic nitrogens is 3. The van der Waals surface area contributed by atoms with E-state index in [9.17, 15) is 4.79 Å². The Hall–Kier alpha value is -2.48. The van der Waals surface area contributed by atoms with E-state index in [0.29, 0.717) is 30.6 Å². The number of anilines is 1. The monoisotopic (exact) mass is 345 g/mol. The van der Waals surface area contributed by atoms with Gasteiger partial charge >= 0.3 is 6.03 Å². The van der Waals surface area contributed by atoms with E-state index in [-0.39, 0.29) is 23.9 Å². The quantitative estimate of drug-likeness (QED) is 0.864. The molecular weight excluding hydrogens is 322 g/mol. The van der Waals surface area contributed by atoms with Crippen molar-refractivity contribution >= 4 is 11.7 Å². The molecule has 0 bridgehead atoms. The highest BCUT2D eigenvalue weighted by atomic mass is 16.5. The predicted molar refractivity (Wildman–Crippen MR) is 91.1 cm³/mol. The van der Waals surface area contributed by atoms with Crippen LogP contribution in [0.4, 0.5) is 10.5 Å². The van der Waals surface area contributed by atoms with E-state index in [1.807, 2.05) is 13.8 Å². The Kier molecular flexibility index (Phi) is 5.60. The van der Waals surface area contributed by atoms with Gasteiger partial charge in [-0.3, -0.25) is 4.98 Å². The van der Waals surface area contributed by atoms with Crippen LogP contribution in [0.25, 0.3) is 0 Å². The fourth-order valence-corrected chi connectivity index (χ4v) is 2.78. The van der Waals surface area contributed by atoms with Crippen LogP contribution in [0.2, 0.25) is 0 Å². The van der Waals surface area contributed by atoms with Gasteiger partial charge in [0.15, 0.2) is 5.82 Å². The van der Waals surface area contributed by atoms with Gasteiger partial charge in [-0.25, -0.2) is 4.79 Å². The number of urea groups is 1. The van der Waals surface area contributed by atoms with E-state index in [1.165, 1.54) is 0 Å². The fraction of sp³-hybridized carbons (Fsp3) is 0.529. The van der Waals surface area contributed by atoms with Crippen molar-refractivity contribution in [3.63, 3.8) is 0 Å². The molecular formula is C17H23N5O3. The molecule has 1 fully saturated rings. The van der Waals surface area contributed by atoms with Crippen LogP contribution in [0.1, 0.15) is 50.4 Å². The average molecular weight is 345 g/mol. The molecule has 25 heavy (non-hydrogen) atoms. The van der Waals surface area contributed by atoms with Crippen molar-refractivity contribution in [3.05, 3.63) is 36.2 Å². The Morgan fingerprint density at radius 1 is 1.24 bits per heavy atom. The number of nitrogens with zero attached hydrogens (tertiary/aromatic N) is 3. The molecule has 2 amide bonds. The maximum Gasteiger partial charge on any atom is 0.319 e. The highest BCUT2D eigenvalue weighted by molar-refractivity contribution is 5.89. The first-order valence-electron chi connectivity index (χ1n) is 8.52. The average Bonchev–Trinajstić information content (AvgIpc) is 3.11. The summed E-state index contributed by atoms with van der Waals surface area (Å²) in [5, 5.41) is 9.81. The Morgan fingerprint density at radius 3 is 2.60 bits per heavy atom. The van der Waals surface area contributed by atoms with Crippen LogP contribution in [0, 0.1) is 5.92 Å². The van der Waals surface area contributed by atoms with Gasteiger partial charge in [0.25, 0.3) is 0 Å². The maximum atomic E-state index is 12.4. The number of ether oxygens (including phenoxy) is 1. The molecule has 0 unspecified atom stereocenters. The summed E-state index contributed by atoms with van der Waals surface area (Å²) in [6, 6.07) is 2.80. The van der Waals surface area contributed by atoms with Gasteiger partial charge in [0.1, 0.15) is 6.04 Å². The summed E-state index contributed by atoms with van der Waals surface area (Å²) in [7, 11) is 0. The summed E-state index contributed by atoms with van der Waals surface area (Å²) in [6.07, 6.45) is 4.91. The lowest BCUT2D eigenvalue weighted by molar-refractivity contribution is 0.0506. The van der Waals surface area contributed by atoms with Gasteiger partial charge in [0, 0.05) is 37.2 Å². The number of carbonyl (C=O) groups excluding carboxylic acids is 1. The molecule has 8 heteroatoms. The van der Waals surface area contributed by atoms with Crippen LogP contribution in [0.3, 0.4) is 0 Å². The molecule has 0 aromatic carbocycles. The summed E-state index contributed by atoms with van der Waals surface area (Å²) in [6.45, 7) is 5.34. The van der Waals surface area contributed by atoms with Crippen LogP contribution < -0.4 is 10.6 Å². The first-order chi connectivity index (χ1) is 12.1. The van der Waals surface area contributed by atoms with E-state index in [1.54, 1.807) is 24.5 Å². The molecule has 2 aromatic heterocycles. The topological polar surface area (TPSA) is 102 Å². The number of amides is 2. The van der Waals surface area contributed by atoms with Crippen LogP contribution in [-0.4, -0.2) is 34.4 Å². The summed E-state index contributed by atoms with van der Waals surface area (Å²) in [5.41, 5.74) is 0.673. The standard InChI is InChI=1S/C17H23N5O3/c1-11(2)15-21-16(25-22-15)14(12-5-9-24-10-6-12)20-17(23)19-13-3-7-18-8-4-13/h3-4,7-8,11-12,14H,5-6,9-10H2,1-2H3,(H2,18,19,20,23)/t14-/m1/s1. The zero-order chi connectivity index (χ0) is 17.6. The minimum atomic E-state index is -0.342. The van der Waals surface area contributed by atoms with Gasteiger partial charge in [-0.15, -0.1) is 0 Å². The molecule has 134 valence electrons. The molecule has 2 aromatic rings. The lowest BCUT2D eigenvalue weighted by Gasteiger charge is -2.28. The smallest absolute Gasteiger partial charge is 0.319 e. The third-order valence-corrected chi connectivity index (χ3v) is 4.20. The van der Waals surface area contributed by atoms with Crippen molar-refractivity contribution in [2.24, 2.45) is 5.92 Å². The van der Waals surface area contributed by atoms with E-state index in [2.05, 4.69) is 25.8 Å². The molecule has 0 spiro atoms. The molecule has 0 aliphatic carbocycles. The Bertz CT molecular complexity index is 683. The molecule has 1 saturated heterocycles. The van der Waals surface area contributed by atoms with Crippen LogP contribution in [0.5, 0.6) is 0 Å². The van der Waals surface area contributed by atoms with Crippen molar-refractivity contribution in [1.29, 1.82) is 0 Å². The predicted octanol–water partition coefficient (Wildman–Crippen LogP) is 2.88. The first kappa shape index (κ1) is 17.3. The van der Waals surface area contributed by atoms with Crippen molar-refractivity contribution in [3.8, 4) is 0 Å². The second-order valence-corrected chi connectivity index (χ2v) is 6.41. The molecule has 0 saturated carbocycles. The number of rotatable bonds is 5. The molecule has 3 rings (SSSR count). The summed E-state index contributed by atoms with van der Waals surface area (Å²) < 4.78 is 10.9. The molecule has 3 heterocycles. The van der Waals surface area contributed by atoms with Gasteiger partial charge in [0.05, 0.1) is 0 Å². The maximum absolute atomic E-state index is 12.4. The van der Waals surface area contributed by atoms with E-state index in [0.717, 1.165) is 12.8 Å². The number of nitrogens with one attached hydrogen (secondary N) is 2. The summed E-state index contributed by atoms with van der Waals surface area (Å²) >= 11 is 0. The second-order valence-electron chi connectivity index (χ2n) is 6.41. The molecule has 1 atom stereocenters. The van der Waals surface area contributed by atoms with Gasteiger partial charge in [-0.2, -0.15) is 4.98 Å². The minimum absolute atomic E-state index is 0.165. The number of hydrogen-bond acceptors (Lipinski definition) is 6. The zero-order valence-corrected chi connectivity index (χ0v) is 14.4. The van der Waals surface area contributed by atoms with E-state index < -0.39 is 0 Å². The molecule has 1 aliphatic heterocycles. The summed E-state index contributed by atoms with van der Waals surface area (Å²) in [5.74, 6) is 1.44. The molecule has 0 radical (unpaired) electrons. The highest BCUT2D eigenvalue weighted by Gasteiger charge is 2.31. The Balaban J connectivity index is 1.74. The lowest BCUT2D eigenvalue weighted by atomic mass is 9.91. The van der Waals surface area contributed by atoms with Crippen molar-refractivity contribution in [2.45, 2.75) is 38.6 Å². The van der Waals surface area contributed by atoms with Gasteiger partial charge in [0.2, 0.25) is 5.89 Å². The van der Waals surface area contributed by atoms with Gasteiger partial charge in [-0.05, 0) is 30.9 Å². The molecule has 1 aliphatic rings. The van der Waals surface area contributed by atoms with Crippen LogP contribution >= 0.6 is 0 Å². The SMILES string of the molecule is CC(C)c1noc([C@H](NC(=O)Nc2ccncc2)C2CCOCC2)n1. The number of hydrogen-bond donors (Lipinski definition) is 2. The van der Waals surface area contributed by atoms with Crippen LogP contribution in [-0.2, 0) is 4.74 Å². The second kappa shape index (κ2) is 8.06. The van der Waals surface area contributed by atoms with Gasteiger partial charge in [-0.1, -0.05) is 19.0 Å². The van der Waals surface area contributed by atoms with Gasteiger partial charge < -0.3 is 19.9 Å². The fourth-order valence-electron chi connectivity index (χ4n) is 2.78. The minimum Gasteiger partial charge on any atom is -0.381 e. The summed E-state index contributed by atoms with van der Waals surface area (Å²) in [4.78, 5) is 20.8. The van der Waals surface area contributed by atoms with Crippen molar-refractivity contribution in [1.82, 2.24) is 20.4 Å². The van der Waals surface area contributed by atoms with E-state index in [4.69, 9.17) is 9.26 Å². The van der Waals surface area contributed by atoms with Crippen LogP contribution in [0.15, 0.2) is 29.0 Å². The number of carbonyl (C=O) groups is 1. The van der Waals surface area contributed by atoms with Crippen molar-refractivity contribution < 1.29 is 14.1 Å². The normalized spacial score (nSPS) is 16.6. The first-order valence-corrected chi connectivity index (χ1v) is 8.52. The molecule has 8 nitrogen and oxygen atoms in total. The lowest BCUT2D eigenvalue weighted by Crippen LogP contribution is -2.38. The zero-order valence-electron chi connectivity index (χ0n) is 14.4. The largest absolute Gasteiger partial charge is 0.381 e.